The van der Waals surface area contributed by atoms with Crippen LogP contribution in [0.25, 0.3) is 77.5 Å². The van der Waals surface area contributed by atoms with Gasteiger partial charge in [-0.05, 0) is 106 Å². The third-order valence-electron chi connectivity index (χ3n) is 9.69. The van der Waals surface area contributed by atoms with Crippen LogP contribution in [0.3, 0.4) is 0 Å². The van der Waals surface area contributed by atoms with Crippen molar-refractivity contribution in [3.05, 3.63) is 182 Å². The molecule has 0 saturated heterocycles. The van der Waals surface area contributed by atoms with Gasteiger partial charge in [0.1, 0.15) is 16.7 Å². The van der Waals surface area contributed by atoms with E-state index in [2.05, 4.69) is 144 Å². The number of fused-ring (bicyclic) bond motifs is 6. The van der Waals surface area contributed by atoms with Crippen LogP contribution in [0.2, 0.25) is 0 Å². The summed E-state index contributed by atoms with van der Waals surface area (Å²) >= 11 is 0. The Kier molecular flexibility index (Phi) is 6.78. The van der Waals surface area contributed by atoms with Crippen LogP contribution in [0, 0.1) is 0 Å². The van der Waals surface area contributed by atoms with Crippen molar-refractivity contribution in [2.24, 2.45) is 0 Å². The number of furan rings is 1. The van der Waals surface area contributed by atoms with Crippen molar-refractivity contribution in [3.63, 3.8) is 0 Å². The van der Waals surface area contributed by atoms with Crippen LogP contribution in [0.15, 0.2) is 191 Å². The number of aromatic nitrogens is 1. The molecule has 4 nitrogen and oxygen atoms in total. The third-order valence-corrected chi connectivity index (χ3v) is 9.69. The smallest absolute Gasteiger partial charge is 0.227 e. The summed E-state index contributed by atoms with van der Waals surface area (Å²) in [6, 6.07) is 63.6. The van der Waals surface area contributed by atoms with E-state index in [9.17, 15) is 0 Å². The first-order valence-corrected chi connectivity index (χ1v) is 17.1. The van der Waals surface area contributed by atoms with Crippen LogP contribution in [-0.2, 0) is 0 Å². The molecule has 0 N–H and O–H groups in total. The second-order valence-electron chi connectivity index (χ2n) is 12.8. The maximum Gasteiger partial charge on any atom is 0.227 e. The molecule has 0 saturated carbocycles. The van der Waals surface area contributed by atoms with Gasteiger partial charge in [0.15, 0.2) is 5.58 Å². The van der Waals surface area contributed by atoms with Crippen LogP contribution in [0.1, 0.15) is 0 Å². The molecule has 8 aromatic carbocycles. The van der Waals surface area contributed by atoms with Crippen molar-refractivity contribution >= 4 is 60.9 Å². The standard InChI is InChI=1S/C47H30N2O2/c1-3-9-31(10-4-1)33-15-21-38(22-16-33)49(40-25-19-32-11-7-8-14-36(32)29-40)39-23-17-34(18-24-39)37-20-26-42-41(30-37)45-43(50-42)27-28-44-46(45)48-47(51-44)35-12-5-2-6-13-35/h1-30H. The molecule has 10 aromatic rings. The van der Waals surface area contributed by atoms with Gasteiger partial charge in [-0.2, -0.15) is 0 Å². The van der Waals surface area contributed by atoms with Gasteiger partial charge in [-0.25, -0.2) is 4.98 Å². The molecule has 0 aliphatic heterocycles. The Morgan fingerprint density at radius 2 is 0.922 bits per heavy atom. The summed E-state index contributed by atoms with van der Waals surface area (Å²) in [6.07, 6.45) is 0. The normalized spacial score (nSPS) is 11.5. The molecule has 2 heterocycles. The second kappa shape index (κ2) is 11.9. The van der Waals surface area contributed by atoms with Crippen LogP contribution in [0.5, 0.6) is 0 Å². The Bertz CT molecular complexity index is 2840. The largest absolute Gasteiger partial charge is 0.456 e. The highest BCUT2D eigenvalue weighted by atomic mass is 16.4. The summed E-state index contributed by atoms with van der Waals surface area (Å²) < 4.78 is 12.5. The van der Waals surface area contributed by atoms with Crippen molar-refractivity contribution < 1.29 is 8.83 Å². The van der Waals surface area contributed by atoms with Crippen molar-refractivity contribution in [1.29, 1.82) is 0 Å². The zero-order valence-electron chi connectivity index (χ0n) is 27.5. The number of oxazole rings is 1. The Labute approximate surface area is 294 Å². The zero-order valence-corrected chi connectivity index (χ0v) is 27.5. The highest BCUT2D eigenvalue weighted by molar-refractivity contribution is 6.17. The maximum absolute atomic E-state index is 6.29. The molecule has 0 aliphatic rings. The molecule has 0 fully saturated rings. The number of hydrogen-bond donors (Lipinski definition) is 0. The lowest BCUT2D eigenvalue weighted by Gasteiger charge is -2.26. The quantitative estimate of drug-likeness (QED) is 0.179. The zero-order chi connectivity index (χ0) is 33.7. The summed E-state index contributed by atoms with van der Waals surface area (Å²) in [7, 11) is 0. The predicted octanol–water partition coefficient (Wildman–Crippen LogP) is 13.4. The molecule has 0 bridgehead atoms. The lowest BCUT2D eigenvalue weighted by atomic mass is 10.0. The van der Waals surface area contributed by atoms with Crippen LogP contribution < -0.4 is 4.90 Å². The van der Waals surface area contributed by atoms with E-state index < -0.39 is 0 Å². The average molecular weight is 655 g/mol. The Balaban J connectivity index is 1.05. The molecule has 0 atom stereocenters. The minimum Gasteiger partial charge on any atom is -0.456 e. The van der Waals surface area contributed by atoms with Crippen molar-refractivity contribution in [2.75, 3.05) is 4.90 Å². The van der Waals surface area contributed by atoms with E-state index in [0.29, 0.717) is 5.89 Å². The molecular weight excluding hydrogens is 625 g/mol. The van der Waals surface area contributed by atoms with Gasteiger partial charge in [0.05, 0.1) is 5.39 Å². The molecule has 240 valence electrons. The van der Waals surface area contributed by atoms with Crippen molar-refractivity contribution in [2.45, 2.75) is 0 Å². The maximum atomic E-state index is 6.29. The second-order valence-corrected chi connectivity index (χ2v) is 12.8. The first kappa shape index (κ1) is 29.0. The molecule has 0 amide bonds. The SMILES string of the molecule is c1ccc(-c2ccc(N(c3ccc(-c4ccc5oc6ccc7oc(-c8ccccc8)nc7c6c5c4)cc3)c3ccc4ccccc4c3)cc2)cc1. The minimum absolute atomic E-state index is 0.602. The van der Waals surface area contributed by atoms with Gasteiger partial charge in [-0.3, -0.25) is 0 Å². The lowest BCUT2D eigenvalue weighted by molar-refractivity contribution is 0.619. The van der Waals surface area contributed by atoms with E-state index >= 15 is 0 Å². The molecule has 51 heavy (non-hydrogen) atoms. The van der Waals surface area contributed by atoms with E-state index in [-0.39, 0.29) is 0 Å². The van der Waals surface area contributed by atoms with Crippen molar-refractivity contribution in [1.82, 2.24) is 4.98 Å². The van der Waals surface area contributed by atoms with Gasteiger partial charge >= 0.3 is 0 Å². The molecular formula is C47H30N2O2. The van der Waals surface area contributed by atoms with E-state index in [1.807, 2.05) is 42.5 Å². The Morgan fingerprint density at radius 3 is 1.65 bits per heavy atom. The molecule has 0 spiro atoms. The van der Waals surface area contributed by atoms with Gasteiger partial charge in [-0.15, -0.1) is 0 Å². The predicted molar refractivity (Wildman–Crippen MR) is 210 cm³/mol. The number of benzene rings is 8. The van der Waals surface area contributed by atoms with Gasteiger partial charge in [0, 0.05) is 28.0 Å². The summed E-state index contributed by atoms with van der Waals surface area (Å²) in [6.45, 7) is 0. The van der Waals surface area contributed by atoms with E-state index in [4.69, 9.17) is 13.8 Å². The fourth-order valence-electron chi connectivity index (χ4n) is 7.14. The molecule has 0 radical (unpaired) electrons. The fourth-order valence-corrected chi connectivity index (χ4v) is 7.14. The average Bonchev–Trinajstić information content (AvgIpc) is 3.81. The molecule has 0 aliphatic carbocycles. The monoisotopic (exact) mass is 654 g/mol. The van der Waals surface area contributed by atoms with Gasteiger partial charge in [0.2, 0.25) is 5.89 Å². The minimum atomic E-state index is 0.602. The van der Waals surface area contributed by atoms with E-state index in [1.165, 1.54) is 21.9 Å². The fraction of sp³-hybridized carbons (Fsp3) is 0. The van der Waals surface area contributed by atoms with E-state index in [0.717, 1.165) is 66.8 Å². The number of nitrogens with zero attached hydrogens (tertiary/aromatic N) is 2. The molecule has 2 aromatic heterocycles. The first-order chi connectivity index (χ1) is 25.2. The lowest BCUT2D eigenvalue weighted by Crippen LogP contribution is -2.09. The van der Waals surface area contributed by atoms with Crippen LogP contribution >= 0.6 is 0 Å². The van der Waals surface area contributed by atoms with E-state index in [1.54, 1.807) is 0 Å². The molecule has 4 heteroatoms. The van der Waals surface area contributed by atoms with Gasteiger partial charge < -0.3 is 13.7 Å². The Morgan fingerprint density at radius 1 is 0.373 bits per heavy atom. The number of anilines is 3. The summed E-state index contributed by atoms with van der Waals surface area (Å²) in [5.41, 5.74) is 12.0. The topological polar surface area (TPSA) is 42.4 Å². The van der Waals surface area contributed by atoms with Crippen molar-refractivity contribution in [3.8, 4) is 33.7 Å². The summed E-state index contributed by atoms with van der Waals surface area (Å²) in [5, 5.41) is 4.40. The highest BCUT2D eigenvalue weighted by Gasteiger charge is 2.18. The van der Waals surface area contributed by atoms with Crippen LogP contribution in [-0.4, -0.2) is 4.98 Å². The number of hydrogen-bond acceptors (Lipinski definition) is 4. The first-order valence-electron chi connectivity index (χ1n) is 17.1. The molecule has 10 rings (SSSR count). The third kappa shape index (κ3) is 5.13. The number of rotatable bonds is 6. The highest BCUT2D eigenvalue weighted by Crippen LogP contribution is 2.40. The van der Waals surface area contributed by atoms with Gasteiger partial charge in [0.25, 0.3) is 0 Å². The van der Waals surface area contributed by atoms with Crippen LogP contribution in [0.4, 0.5) is 17.1 Å². The summed E-state index contributed by atoms with van der Waals surface area (Å²) in [5.74, 6) is 0.602. The van der Waals surface area contributed by atoms with Gasteiger partial charge in [-0.1, -0.05) is 109 Å². The Hall–Kier alpha value is -6.91. The summed E-state index contributed by atoms with van der Waals surface area (Å²) in [4.78, 5) is 7.26. The molecule has 0 unspecified atom stereocenters.